The SMILES string of the molecule is CCNC(=NCc1cc(Br)c(OC)c(OC)c1)NC(C)CC. The summed E-state index contributed by atoms with van der Waals surface area (Å²) in [5.74, 6) is 2.21. The maximum absolute atomic E-state index is 5.36. The topological polar surface area (TPSA) is 54.9 Å². The zero-order valence-corrected chi connectivity index (χ0v) is 15.6. The Bertz CT molecular complexity index is 506. The second-order valence-electron chi connectivity index (χ2n) is 4.96. The summed E-state index contributed by atoms with van der Waals surface area (Å²) in [7, 11) is 3.26. The van der Waals surface area contributed by atoms with Crippen molar-refractivity contribution in [3.8, 4) is 11.5 Å². The molecule has 1 rings (SSSR count). The standard InChI is InChI=1S/C16H26BrN3O2/c1-6-11(3)20-16(18-7-2)19-10-12-8-13(17)15(22-5)14(9-12)21-4/h8-9,11H,6-7,10H2,1-5H3,(H2,18,19,20). The number of rotatable bonds is 7. The van der Waals surface area contributed by atoms with E-state index in [4.69, 9.17) is 9.47 Å². The van der Waals surface area contributed by atoms with Crippen LogP contribution in [0.2, 0.25) is 0 Å². The average Bonchev–Trinajstić information content (AvgIpc) is 2.51. The molecule has 0 amide bonds. The van der Waals surface area contributed by atoms with Crippen molar-refractivity contribution < 1.29 is 9.47 Å². The molecule has 2 N–H and O–H groups in total. The number of ether oxygens (including phenoxy) is 2. The first-order valence-corrected chi connectivity index (χ1v) is 8.30. The molecule has 6 heteroatoms. The van der Waals surface area contributed by atoms with Crippen molar-refractivity contribution in [2.75, 3.05) is 20.8 Å². The van der Waals surface area contributed by atoms with E-state index < -0.39 is 0 Å². The van der Waals surface area contributed by atoms with E-state index in [1.807, 2.05) is 12.1 Å². The fraction of sp³-hybridized carbons (Fsp3) is 0.562. The van der Waals surface area contributed by atoms with Gasteiger partial charge in [0.15, 0.2) is 17.5 Å². The van der Waals surface area contributed by atoms with Crippen molar-refractivity contribution >= 4 is 21.9 Å². The monoisotopic (exact) mass is 371 g/mol. The molecule has 0 spiro atoms. The number of nitrogens with one attached hydrogen (secondary N) is 2. The molecule has 1 aromatic rings. The van der Waals surface area contributed by atoms with Crippen LogP contribution < -0.4 is 20.1 Å². The fourth-order valence-electron chi connectivity index (χ4n) is 1.89. The summed E-state index contributed by atoms with van der Waals surface area (Å²) in [6, 6.07) is 4.33. The van der Waals surface area contributed by atoms with Crippen LogP contribution in [0, 0.1) is 0 Å². The van der Waals surface area contributed by atoms with Crippen LogP contribution in [-0.4, -0.2) is 32.8 Å². The molecule has 0 saturated heterocycles. The van der Waals surface area contributed by atoms with Gasteiger partial charge in [0.1, 0.15) is 0 Å². The van der Waals surface area contributed by atoms with Gasteiger partial charge < -0.3 is 20.1 Å². The Morgan fingerprint density at radius 1 is 1.27 bits per heavy atom. The molecular formula is C16H26BrN3O2. The summed E-state index contributed by atoms with van der Waals surface area (Å²) in [5.41, 5.74) is 1.05. The Balaban J connectivity index is 2.91. The Hall–Kier alpha value is -1.43. The molecule has 0 heterocycles. The van der Waals surface area contributed by atoms with Gasteiger partial charge in [-0.25, -0.2) is 4.99 Å². The quantitative estimate of drug-likeness (QED) is 0.570. The van der Waals surface area contributed by atoms with Crippen molar-refractivity contribution in [2.24, 2.45) is 4.99 Å². The van der Waals surface area contributed by atoms with E-state index in [0.29, 0.717) is 24.1 Å². The van der Waals surface area contributed by atoms with Crippen molar-refractivity contribution in [2.45, 2.75) is 39.8 Å². The highest BCUT2D eigenvalue weighted by Crippen LogP contribution is 2.36. The zero-order chi connectivity index (χ0) is 16.5. The summed E-state index contributed by atoms with van der Waals surface area (Å²) in [6.07, 6.45) is 1.05. The average molecular weight is 372 g/mol. The number of hydrogen-bond donors (Lipinski definition) is 2. The Morgan fingerprint density at radius 3 is 2.55 bits per heavy atom. The van der Waals surface area contributed by atoms with Gasteiger partial charge in [-0.3, -0.25) is 0 Å². The van der Waals surface area contributed by atoms with Gasteiger partial charge in [0, 0.05) is 12.6 Å². The minimum absolute atomic E-state index is 0.384. The Kier molecular flexibility index (Phi) is 8.09. The molecule has 0 aliphatic rings. The molecule has 0 aliphatic carbocycles. The first kappa shape index (κ1) is 18.6. The lowest BCUT2D eigenvalue weighted by atomic mass is 10.2. The van der Waals surface area contributed by atoms with Gasteiger partial charge in [0.2, 0.25) is 0 Å². The van der Waals surface area contributed by atoms with Crippen molar-refractivity contribution in [1.82, 2.24) is 10.6 Å². The predicted molar refractivity (Wildman–Crippen MR) is 95.0 cm³/mol. The van der Waals surface area contributed by atoms with E-state index in [9.17, 15) is 0 Å². The summed E-state index contributed by atoms with van der Waals surface area (Å²) in [5, 5.41) is 6.63. The predicted octanol–water partition coefficient (Wildman–Crippen LogP) is 3.32. The van der Waals surface area contributed by atoms with Crippen molar-refractivity contribution in [3.05, 3.63) is 22.2 Å². The molecule has 0 fully saturated rings. The zero-order valence-electron chi connectivity index (χ0n) is 14.0. The van der Waals surface area contributed by atoms with E-state index in [2.05, 4.69) is 52.3 Å². The highest BCUT2D eigenvalue weighted by Gasteiger charge is 2.10. The fourth-order valence-corrected chi connectivity index (χ4v) is 2.54. The third-order valence-electron chi connectivity index (χ3n) is 3.25. The van der Waals surface area contributed by atoms with Crippen LogP contribution in [0.15, 0.2) is 21.6 Å². The molecule has 124 valence electrons. The number of nitrogens with zero attached hydrogens (tertiary/aromatic N) is 1. The van der Waals surface area contributed by atoms with Crippen LogP contribution in [0.25, 0.3) is 0 Å². The molecule has 0 radical (unpaired) electrons. The van der Waals surface area contributed by atoms with Crippen LogP contribution in [0.5, 0.6) is 11.5 Å². The maximum Gasteiger partial charge on any atom is 0.191 e. The van der Waals surface area contributed by atoms with E-state index in [-0.39, 0.29) is 0 Å². The number of methoxy groups -OCH3 is 2. The molecule has 1 atom stereocenters. The van der Waals surface area contributed by atoms with E-state index >= 15 is 0 Å². The van der Waals surface area contributed by atoms with Gasteiger partial charge in [-0.15, -0.1) is 0 Å². The first-order chi connectivity index (χ1) is 10.5. The van der Waals surface area contributed by atoms with E-state index in [0.717, 1.165) is 29.0 Å². The molecule has 0 aliphatic heterocycles. The van der Waals surface area contributed by atoms with Crippen molar-refractivity contribution in [1.29, 1.82) is 0 Å². The van der Waals surface area contributed by atoms with Crippen LogP contribution >= 0.6 is 15.9 Å². The minimum atomic E-state index is 0.384. The van der Waals surface area contributed by atoms with Gasteiger partial charge >= 0.3 is 0 Å². The van der Waals surface area contributed by atoms with Gasteiger partial charge in [-0.1, -0.05) is 6.92 Å². The number of halogens is 1. The summed E-state index contributed by atoms with van der Waals surface area (Å²) >= 11 is 3.50. The van der Waals surface area contributed by atoms with Crippen LogP contribution in [0.3, 0.4) is 0 Å². The van der Waals surface area contributed by atoms with Gasteiger partial charge in [0.05, 0.1) is 25.2 Å². The minimum Gasteiger partial charge on any atom is -0.493 e. The molecule has 0 aromatic heterocycles. The molecular weight excluding hydrogens is 346 g/mol. The van der Waals surface area contributed by atoms with Gasteiger partial charge in [-0.05, 0) is 53.9 Å². The molecule has 0 saturated carbocycles. The lowest BCUT2D eigenvalue weighted by molar-refractivity contribution is 0.352. The molecule has 5 nitrogen and oxygen atoms in total. The van der Waals surface area contributed by atoms with E-state index in [1.165, 1.54) is 0 Å². The number of hydrogen-bond acceptors (Lipinski definition) is 3. The summed E-state index contributed by atoms with van der Waals surface area (Å²) < 4.78 is 11.5. The maximum atomic E-state index is 5.36. The third kappa shape index (κ3) is 5.40. The van der Waals surface area contributed by atoms with Crippen molar-refractivity contribution in [3.63, 3.8) is 0 Å². The molecule has 0 bridgehead atoms. The van der Waals surface area contributed by atoms with Gasteiger partial charge in [0.25, 0.3) is 0 Å². The van der Waals surface area contributed by atoms with Crippen LogP contribution in [0.1, 0.15) is 32.8 Å². The Labute approximate surface area is 141 Å². The molecule has 1 aromatic carbocycles. The van der Waals surface area contributed by atoms with Crippen LogP contribution in [-0.2, 0) is 6.54 Å². The molecule has 22 heavy (non-hydrogen) atoms. The van der Waals surface area contributed by atoms with E-state index in [1.54, 1.807) is 14.2 Å². The number of benzene rings is 1. The largest absolute Gasteiger partial charge is 0.493 e. The summed E-state index contributed by atoms with van der Waals surface area (Å²) in [6.45, 7) is 7.73. The summed E-state index contributed by atoms with van der Waals surface area (Å²) in [4.78, 5) is 4.62. The highest BCUT2D eigenvalue weighted by atomic mass is 79.9. The van der Waals surface area contributed by atoms with Crippen LogP contribution in [0.4, 0.5) is 0 Å². The second kappa shape index (κ2) is 9.56. The Morgan fingerprint density at radius 2 is 2.00 bits per heavy atom. The smallest absolute Gasteiger partial charge is 0.191 e. The van der Waals surface area contributed by atoms with Gasteiger partial charge in [-0.2, -0.15) is 0 Å². The molecule has 1 unspecified atom stereocenters. The second-order valence-corrected chi connectivity index (χ2v) is 5.82. The number of aliphatic imine (C=N–C) groups is 1. The lowest BCUT2D eigenvalue weighted by Crippen LogP contribution is -2.41. The number of guanidine groups is 1. The lowest BCUT2D eigenvalue weighted by Gasteiger charge is -2.16. The normalized spacial score (nSPS) is 12.7. The highest BCUT2D eigenvalue weighted by molar-refractivity contribution is 9.10. The first-order valence-electron chi connectivity index (χ1n) is 7.50. The third-order valence-corrected chi connectivity index (χ3v) is 3.84.